The minimum Gasteiger partial charge on any atom is -0.288 e. The first-order valence-electron chi connectivity index (χ1n) is 5.74. The summed E-state index contributed by atoms with van der Waals surface area (Å²) in [6, 6.07) is 13.4. The molecule has 0 fully saturated rings. The van der Waals surface area contributed by atoms with Crippen molar-refractivity contribution in [1.82, 2.24) is 5.48 Å². The van der Waals surface area contributed by atoms with Gasteiger partial charge in [0.05, 0.1) is 0 Å². The molecule has 3 nitrogen and oxygen atoms in total. The molecule has 1 amide bonds. The van der Waals surface area contributed by atoms with E-state index >= 15 is 0 Å². The van der Waals surface area contributed by atoms with Crippen molar-refractivity contribution < 1.29 is 10.0 Å². The second kappa shape index (κ2) is 5.02. The van der Waals surface area contributed by atoms with Gasteiger partial charge in [-0.05, 0) is 42.7 Å². The van der Waals surface area contributed by atoms with Crippen LogP contribution in [0.3, 0.4) is 0 Å². The maximum absolute atomic E-state index is 11.2. The van der Waals surface area contributed by atoms with Gasteiger partial charge in [-0.1, -0.05) is 35.9 Å². The molecular weight excluding hydrogens is 226 g/mol. The zero-order valence-corrected chi connectivity index (χ0v) is 10.4. The second-order valence-corrected chi connectivity index (χ2v) is 4.34. The summed E-state index contributed by atoms with van der Waals surface area (Å²) in [5.41, 5.74) is 6.67. The average Bonchev–Trinajstić information content (AvgIpc) is 2.41. The Morgan fingerprint density at radius 2 is 1.72 bits per heavy atom. The molecule has 0 heterocycles. The largest absolute Gasteiger partial charge is 0.288 e. The van der Waals surface area contributed by atoms with Crippen molar-refractivity contribution >= 4 is 5.91 Å². The van der Waals surface area contributed by atoms with Crippen LogP contribution in [0.15, 0.2) is 42.5 Å². The van der Waals surface area contributed by atoms with Gasteiger partial charge in [-0.3, -0.25) is 10.0 Å². The molecule has 92 valence electrons. The molecule has 2 N–H and O–H groups in total. The fourth-order valence-corrected chi connectivity index (χ4v) is 1.91. The normalized spacial score (nSPS) is 10.2. The van der Waals surface area contributed by atoms with E-state index in [1.54, 1.807) is 17.6 Å². The summed E-state index contributed by atoms with van der Waals surface area (Å²) in [7, 11) is 0. The lowest BCUT2D eigenvalue weighted by Gasteiger charge is -2.08. The Kier molecular flexibility index (Phi) is 3.44. The van der Waals surface area contributed by atoms with E-state index in [0.717, 1.165) is 11.1 Å². The van der Waals surface area contributed by atoms with Gasteiger partial charge in [0.25, 0.3) is 5.91 Å². The van der Waals surface area contributed by atoms with Crippen molar-refractivity contribution in [2.75, 3.05) is 0 Å². The number of amides is 1. The number of hydroxylamine groups is 1. The van der Waals surface area contributed by atoms with E-state index in [1.807, 2.05) is 12.1 Å². The number of carbonyl (C=O) groups excluding carboxylic acids is 1. The van der Waals surface area contributed by atoms with Gasteiger partial charge in [-0.15, -0.1) is 0 Å². The van der Waals surface area contributed by atoms with Crippen LogP contribution in [0.2, 0.25) is 0 Å². The summed E-state index contributed by atoms with van der Waals surface area (Å²) in [5, 5.41) is 8.56. The third kappa shape index (κ3) is 2.41. The SMILES string of the molecule is Cc1ccc(C)c(-c2ccc(C(=O)NO)cc2)c1. The van der Waals surface area contributed by atoms with Gasteiger partial charge in [0, 0.05) is 5.56 Å². The molecule has 0 atom stereocenters. The average molecular weight is 241 g/mol. The van der Waals surface area contributed by atoms with Crippen LogP contribution in [0.1, 0.15) is 21.5 Å². The number of carbonyl (C=O) groups is 1. The molecule has 2 rings (SSSR count). The van der Waals surface area contributed by atoms with Crippen LogP contribution in [0.4, 0.5) is 0 Å². The van der Waals surface area contributed by atoms with Crippen molar-refractivity contribution in [3.63, 3.8) is 0 Å². The summed E-state index contributed by atoms with van der Waals surface area (Å²) < 4.78 is 0. The van der Waals surface area contributed by atoms with Crippen molar-refractivity contribution in [3.8, 4) is 11.1 Å². The Morgan fingerprint density at radius 1 is 1.06 bits per heavy atom. The van der Waals surface area contributed by atoms with E-state index in [1.165, 1.54) is 11.1 Å². The summed E-state index contributed by atoms with van der Waals surface area (Å²) in [4.78, 5) is 11.2. The van der Waals surface area contributed by atoms with Crippen LogP contribution >= 0.6 is 0 Å². The van der Waals surface area contributed by atoms with Crippen LogP contribution in [-0.2, 0) is 0 Å². The topological polar surface area (TPSA) is 49.3 Å². The van der Waals surface area contributed by atoms with Crippen molar-refractivity contribution in [2.45, 2.75) is 13.8 Å². The number of hydrogen-bond donors (Lipinski definition) is 2. The molecule has 0 saturated heterocycles. The molecule has 18 heavy (non-hydrogen) atoms. The van der Waals surface area contributed by atoms with Crippen LogP contribution < -0.4 is 5.48 Å². The molecule has 0 saturated carbocycles. The van der Waals surface area contributed by atoms with Crippen molar-refractivity contribution in [3.05, 3.63) is 59.2 Å². The molecule has 0 radical (unpaired) electrons. The number of hydrogen-bond acceptors (Lipinski definition) is 2. The standard InChI is InChI=1S/C15H15NO2/c1-10-3-4-11(2)14(9-10)12-5-7-13(8-6-12)15(17)16-18/h3-9,18H,1-2H3,(H,16,17). The maximum Gasteiger partial charge on any atom is 0.274 e. The van der Waals surface area contributed by atoms with Crippen molar-refractivity contribution in [1.29, 1.82) is 0 Å². The Hall–Kier alpha value is -2.13. The summed E-state index contributed by atoms with van der Waals surface area (Å²) in [6.45, 7) is 4.11. The lowest BCUT2D eigenvalue weighted by molar-refractivity contribution is 0.0706. The Bertz CT molecular complexity index is 574. The van der Waals surface area contributed by atoms with E-state index < -0.39 is 5.91 Å². The smallest absolute Gasteiger partial charge is 0.274 e. The molecule has 3 heteroatoms. The van der Waals surface area contributed by atoms with Crippen LogP contribution in [-0.4, -0.2) is 11.1 Å². The van der Waals surface area contributed by atoms with Gasteiger partial charge >= 0.3 is 0 Å². The fraction of sp³-hybridized carbons (Fsp3) is 0.133. The van der Waals surface area contributed by atoms with Gasteiger partial charge in [0.15, 0.2) is 0 Å². The fourth-order valence-electron chi connectivity index (χ4n) is 1.91. The van der Waals surface area contributed by atoms with Crippen LogP contribution in [0.5, 0.6) is 0 Å². The lowest BCUT2D eigenvalue weighted by Crippen LogP contribution is -2.18. The van der Waals surface area contributed by atoms with E-state index in [9.17, 15) is 4.79 Å². The quantitative estimate of drug-likeness (QED) is 0.627. The minimum atomic E-state index is -0.498. The molecule has 0 aliphatic carbocycles. The van der Waals surface area contributed by atoms with Crippen LogP contribution in [0, 0.1) is 13.8 Å². The highest BCUT2D eigenvalue weighted by Gasteiger charge is 2.06. The van der Waals surface area contributed by atoms with E-state index in [4.69, 9.17) is 5.21 Å². The first-order chi connectivity index (χ1) is 8.61. The highest BCUT2D eigenvalue weighted by Crippen LogP contribution is 2.24. The zero-order chi connectivity index (χ0) is 13.1. The monoisotopic (exact) mass is 241 g/mol. The Labute approximate surface area is 106 Å². The Balaban J connectivity index is 2.40. The number of nitrogens with one attached hydrogen (secondary N) is 1. The molecule has 0 unspecified atom stereocenters. The predicted octanol–water partition coefficient (Wildman–Crippen LogP) is 3.09. The first kappa shape index (κ1) is 12.3. The predicted molar refractivity (Wildman–Crippen MR) is 70.6 cm³/mol. The third-order valence-electron chi connectivity index (χ3n) is 2.95. The van der Waals surface area contributed by atoms with Gasteiger partial charge in [0.1, 0.15) is 0 Å². The van der Waals surface area contributed by atoms with Crippen molar-refractivity contribution in [2.24, 2.45) is 0 Å². The maximum atomic E-state index is 11.2. The summed E-state index contributed by atoms with van der Waals surface area (Å²) in [5.74, 6) is -0.498. The summed E-state index contributed by atoms with van der Waals surface area (Å²) >= 11 is 0. The van der Waals surface area contributed by atoms with Gasteiger partial charge in [-0.2, -0.15) is 0 Å². The van der Waals surface area contributed by atoms with Gasteiger partial charge < -0.3 is 0 Å². The molecule has 0 aliphatic heterocycles. The molecule has 0 aliphatic rings. The molecule has 2 aromatic rings. The minimum absolute atomic E-state index is 0.437. The third-order valence-corrected chi connectivity index (χ3v) is 2.95. The highest BCUT2D eigenvalue weighted by atomic mass is 16.5. The molecule has 0 spiro atoms. The second-order valence-electron chi connectivity index (χ2n) is 4.34. The van der Waals surface area contributed by atoms with Crippen LogP contribution in [0.25, 0.3) is 11.1 Å². The molecule has 0 aromatic heterocycles. The highest BCUT2D eigenvalue weighted by molar-refractivity contribution is 5.93. The van der Waals surface area contributed by atoms with E-state index in [0.29, 0.717) is 5.56 Å². The van der Waals surface area contributed by atoms with Gasteiger partial charge in [0.2, 0.25) is 0 Å². The lowest BCUT2D eigenvalue weighted by atomic mass is 9.97. The molecular formula is C15H15NO2. The molecule has 2 aromatic carbocycles. The number of rotatable bonds is 2. The van der Waals surface area contributed by atoms with E-state index in [-0.39, 0.29) is 0 Å². The van der Waals surface area contributed by atoms with Gasteiger partial charge in [-0.25, -0.2) is 5.48 Å². The zero-order valence-electron chi connectivity index (χ0n) is 10.4. The first-order valence-corrected chi connectivity index (χ1v) is 5.74. The van der Waals surface area contributed by atoms with E-state index in [2.05, 4.69) is 32.0 Å². The number of aryl methyl sites for hydroxylation is 2. The number of benzene rings is 2. The summed E-state index contributed by atoms with van der Waals surface area (Å²) in [6.07, 6.45) is 0. The molecule has 0 bridgehead atoms. The Morgan fingerprint density at radius 3 is 2.33 bits per heavy atom.